The van der Waals surface area contributed by atoms with Gasteiger partial charge in [0.15, 0.2) is 12.4 Å². The quantitative estimate of drug-likeness (QED) is 0.585. The van der Waals surface area contributed by atoms with Gasteiger partial charge in [-0.1, -0.05) is 44.2 Å². The van der Waals surface area contributed by atoms with Crippen LogP contribution < -0.4 is 10.2 Å². The Bertz CT molecular complexity index is 1030. The highest BCUT2D eigenvalue weighted by Gasteiger charge is 2.38. The van der Waals surface area contributed by atoms with Crippen molar-refractivity contribution < 1.29 is 23.5 Å². The highest BCUT2D eigenvalue weighted by Crippen LogP contribution is 2.46. The van der Waals surface area contributed by atoms with Gasteiger partial charge >= 0.3 is 5.97 Å². The first-order chi connectivity index (χ1) is 14.2. The summed E-state index contributed by atoms with van der Waals surface area (Å²) in [6.07, 6.45) is 1.48. The number of nitrogens with zero attached hydrogens (tertiary/aromatic N) is 1. The van der Waals surface area contributed by atoms with Gasteiger partial charge in [0.25, 0.3) is 5.91 Å². The van der Waals surface area contributed by atoms with E-state index in [9.17, 15) is 18.8 Å². The molecule has 0 atom stereocenters. The monoisotopic (exact) mass is 410 g/mol. The molecule has 0 radical (unpaired) electrons. The van der Waals surface area contributed by atoms with E-state index in [1.54, 1.807) is 0 Å². The summed E-state index contributed by atoms with van der Waals surface area (Å²) < 4.78 is 18.5. The fourth-order valence-corrected chi connectivity index (χ4v) is 3.55. The van der Waals surface area contributed by atoms with Gasteiger partial charge in [0.1, 0.15) is 12.4 Å². The number of fused-ring (bicyclic) bond motifs is 1. The van der Waals surface area contributed by atoms with Crippen molar-refractivity contribution in [3.05, 3.63) is 77.2 Å². The number of halogens is 1. The fourth-order valence-electron chi connectivity index (χ4n) is 3.55. The number of allylic oxidation sites excluding steroid dienone is 1. The molecule has 0 unspecified atom stereocenters. The average molecular weight is 410 g/mol. The standard InChI is InChI=1S/C23H23FN2O4/c1-23(2)17-9-5-7-11-19(17)26(3)20(23)12-15(27)14-30-21(28)13-25-22(29)16-8-4-6-10-18(16)24/h4-12H,13-14H2,1-3H3,(H,25,29)/b20-12+. The fraction of sp³-hybridized carbons (Fsp3) is 0.261. The number of para-hydroxylation sites is 1. The second kappa shape index (κ2) is 8.49. The summed E-state index contributed by atoms with van der Waals surface area (Å²) in [7, 11) is 1.89. The smallest absolute Gasteiger partial charge is 0.325 e. The minimum atomic E-state index is -0.784. The second-order valence-electron chi connectivity index (χ2n) is 7.52. The van der Waals surface area contributed by atoms with Crippen molar-refractivity contribution in [2.45, 2.75) is 19.3 Å². The maximum absolute atomic E-state index is 13.6. The topological polar surface area (TPSA) is 75.7 Å². The Hall–Kier alpha value is -3.48. The van der Waals surface area contributed by atoms with E-state index in [0.717, 1.165) is 23.0 Å². The third kappa shape index (κ3) is 4.25. The minimum Gasteiger partial charge on any atom is -0.456 e. The van der Waals surface area contributed by atoms with Crippen LogP contribution in [0.5, 0.6) is 0 Å². The summed E-state index contributed by atoms with van der Waals surface area (Å²) in [4.78, 5) is 38.1. The van der Waals surface area contributed by atoms with Crippen molar-refractivity contribution in [3.63, 3.8) is 0 Å². The third-order valence-corrected chi connectivity index (χ3v) is 5.13. The number of anilines is 1. The summed E-state index contributed by atoms with van der Waals surface area (Å²) >= 11 is 0. The van der Waals surface area contributed by atoms with Crippen LogP contribution in [0.1, 0.15) is 29.8 Å². The van der Waals surface area contributed by atoms with Crippen LogP contribution in [0.15, 0.2) is 60.3 Å². The van der Waals surface area contributed by atoms with E-state index in [1.807, 2.05) is 50.1 Å². The van der Waals surface area contributed by atoms with Crippen molar-refractivity contribution >= 4 is 23.3 Å². The van der Waals surface area contributed by atoms with Crippen LogP contribution in [-0.4, -0.2) is 37.9 Å². The molecular weight excluding hydrogens is 387 g/mol. The molecule has 1 aliphatic rings. The number of amides is 1. The van der Waals surface area contributed by atoms with E-state index >= 15 is 0 Å². The Morgan fingerprint density at radius 2 is 1.77 bits per heavy atom. The molecule has 0 bridgehead atoms. The number of carbonyl (C=O) groups excluding carboxylic acids is 3. The van der Waals surface area contributed by atoms with Gasteiger partial charge in [-0.3, -0.25) is 14.4 Å². The van der Waals surface area contributed by atoms with Crippen molar-refractivity contribution in [2.75, 3.05) is 25.1 Å². The van der Waals surface area contributed by atoms with Gasteiger partial charge in [-0.2, -0.15) is 0 Å². The highest BCUT2D eigenvalue weighted by atomic mass is 19.1. The van der Waals surface area contributed by atoms with Gasteiger partial charge in [0.05, 0.1) is 5.56 Å². The lowest BCUT2D eigenvalue weighted by atomic mass is 9.83. The number of carbonyl (C=O) groups is 3. The van der Waals surface area contributed by atoms with E-state index in [4.69, 9.17) is 4.74 Å². The molecule has 0 saturated carbocycles. The number of ketones is 1. The molecule has 0 aliphatic carbocycles. The van der Waals surface area contributed by atoms with Crippen LogP contribution in [0.2, 0.25) is 0 Å². The Morgan fingerprint density at radius 3 is 2.47 bits per heavy atom. The number of likely N-dealkylation sites (N-methyl/N-ethyl adjacent to an activating group) is 1. The van der Waals surface area contributed by atoms with Gasteiger partial charge in [0, 0.05) is 29.9 Å². The zero-order valence-corrected chi connectivity index (χ0v) is 17.1. The highest BCUT2D eigenvalue weighted by molar-refractivity contribution is 5.97. The zero-order chi connectivity index (χ0) is 21.9. The number of nitrogens with one attached hydrogen (secondary N) is 1. The van der Waals surface area contributed by atoms with Gasteiger partial charge < -0.3 is 15.0 Å². The van der Waals surface area contributed by atoms with Crippen LogP contribution in [0.25, 0.3) is 0 Å². The van der Waals surface area contributed by atoms with Crippen molar-refractivity contribution in [2.24, 2.45) is 0 Å². The van der Waals surface area contributed by atoms with Crippen LogP contribution >= 0.6 is 0 Å². The largest absolute Gasteiger partial charge is 0.456 e. The Labute approximate surface area is 174 Å². The number of hydrogen-bond donors (Lipinski definition) is 1. The molecule has 30 heavy (non-hydrogen) atoms. The number of rotatable bonds is 6. The molecule has 1 N–H and O–H groups in total. The lowest BCUT2D eigenvalue weighted by Crippen LogP contribution is -2.32. The van der Waals surface area contributed by atoms with E-state index in [0.29, 0.717) is 0 Å². The molecule has 1 heterocycles. The molecule has 0 spiro atoms. The second-order valence-corrected chi connectivity index (χ2v) is 7.52. The van der Waals surface area contributed by atoms with Gasteiger partial charge in [-0.05, 0) is 23.8 Å². The Morgan fingerprint density at radius 1 is 1.10 bits per heavy atom. The summed E-state index contributed by atoms with van der Waals surface area (Å²) in [5.41, 5.74) is 2.40. The molecule has 156 valence electrons. The predicted octanol–water partition coefficient (Wildman–Crippen LogP) is 2.98. The van der Waals surface area contributed by atoms with E-state index in [1.165, 1.54) is 24.3 Å². The molecule has 3 rings (SSSR count). The van der Waals surface area contributed by atoms with Crippen LogP contribution in [0.3, 0.4) is 0 Å². The van der Waals surface area contributed by atoms with Crippen molar-refractivity contribution in [1.82, 2.24) is 5.32 Å². The lowest BCUT2D eigenvalue weighted by molar-refractivity contribution is -0.145. The Kier molecular flexibility index (Phi) is 6.01. The molecular formula is C23H23FN2O4. The maximum Gasteiger partial charge on any atom is 0.325 e. The number of benzene rings is 2. The first-order valence-electron chi connectivity index (χ1n) is 9.48. The van der Waals surface area contributed by atoms with Crippen molar-refractivity contribution in [3.8, 4) is 0 Å². The molecule has 7 heteroatoms. The third-order valence-electron chi connectivity index (χ3n) is 5.13. The van der Waals surface area contributed by atoms with E-state index in [-0.39, 0.29) is 16.8 Å². The van der Waals surface area contributed by atoms with Crippen molar-refractivity contribution in [1.29, 1.82) is 0 Å². The molecule has 2 aromatic carbocycles. The predicted molar refractivity (Wildman–Crippen MR) is 111 cm³/mol. The summed E-state index contributed by atoms with van der Waals surface area (Å²) in [6, 6.07) is 13.3. The zero-order valence-electron chi connectivity index (χ0n) is 17.1. The molecule has 1 aliphatic heterocycles. The normalized spacial score (nSPS) is 15.6. The first-order valence-corrected chi connectivity index (χ1v) is 9.48. The van der Waals surface area contributed by atoms with Gasteiger partial charge in [-0.25, -0.2) is 4.39 Å². The molecule has 0 saturated heterocycles. The molecule has 6 nitrogen and oxygen atoms in total. The van der Waals surface area contributed by atoms with Gasteiger partial charge in [-0.15, -0.1) is 0 Å². The van der Waals surface area contributed by atoms with Gasteiger partial charge in [0.2, 0.25) is 0 Å². The van der Waals surface area contributed by atoms with Crippen LogP contribution in [0, 0.1) is 5.82 Å². The summed E-state index contributed by atoms with van der Waals surface area (Å²) in [6.45, 7) is 3.14. The number of ether oxygens (including phenoxy) is 1. The lowest BCUT2D eigenvalue weighted by Gasteiger charge is -2.23. The average Bonchev–Trinajstić information content (AvgIpc) is 2.92. The molecule has 0 aromatic heterocycles. The number of hydrogen-bond acceptors (Lipinski definition) is 5. The van der Waals surface area contributed by atoms with Crippen LogP contribution in [-0.2, 0) is 19.7 Å². The Balaban J connectivity index is 1.55. The first kappa shape index (κ1) is 21.2. The van der Waals surface area contributed by atoms with E-state index < -0.39 is 30.8 Å². The minimum absolute atomic E-state index is 0.169. The van der Waals surface area contributed by atoms with E-state index in [2.05, 4.69) is 5.32 Å². The maximum atomic E-state index is 13.6. The summed E-state index contributed by atoms with van der Waals surface area (Å²) in [5, 5.41) is 2.28. The van der Waals surface area contributed by atoms with Crippen LogP contribution in [0.4, 0.5) is 10.1 Å². The molecule has 0 fully saturated rings. The molecule has 2 aromatic rings. The number of esters is 1. The molecule has 1 amide bonds. The SMILES string of the molecule is CN1/C(=C/C(=O)COC(=O)CNC(=O)c2ccccc2F)C(C)(C)c2ccccc21. The summed E-state index contributed by atoms with van der Waals surface area (Å²) in [5.74, 6) is -2.57.